The minimum absolute atomic E-state index is 0.0211. The molecule has 1 amide bonds. The van der Waals surface area contributed by atoms with Gasteiger partial charge in [-0.05, 0) is 31.0 Å². The summed E-state index contributed by atoms with van der Waals surface area (Å²) in [6, 6.07) is 4.13. The van der Waals surface area contributed by atoms with E-state index in [2.05, 4.69) is 10.2 Å². The zero-order chi connectivity index (χ0) is 14.5. The molecule has 0 bridgehead atoms. The molecule has 110 valence electrons. The van der Waals surface area contributed by atoms with Crippen LogP contribution in [-0.4, -0.2) is 41.7 Å². The quantitative estimate of drug-likeness (QED) is 0.724. The molecule has 1 aromatic carbocycles. The zero-order valence-electron chi connectivity index (χ0n) is 11.3. The number of nitrogens with two attached hydrogens (primary N) is 1. The molecule has 0 unspecified atom stereocenters. The van der Waals surface area contributed by atoms with Gasteiger partial charge in [-0.1, -0.05) is 0 Å². The number of aliphatic hydroxyl groups excluding tert-OH is 1. The second kappa shape index (κ2) is 6.67. The second-order valence-electron chi connectivity index (χ2n) is 5.11. The second-order valence-corrected chi connectivity index (χ2v) is 5.11. The Labute approximate surface area is 117 Å². The molecule has 4 N–H and O–H groups in total. The van der Waals surface area contributed by atoms with Crippen molar-refractivity contribution in [3.63, 3.8) is 0 Å². The Morgan fingerprint density at radius 1 is 1.45 bits per heavy atom. The number of carbonyl (C=O) groups excluding carboxylic acids is 1. The molecule has 1 aliphatic heterocycles. The van der Waals surface area contributed by atoms with Crippen LogP contribution in [0.5, 0.6) is 0 Å². The molecule has 5 nitrogen and oxygen atoms in total. The highest BCUT2D eigenvalue weighted by Crippen LogP contribution is 2.16. The van der Waals surface area contributed by atoms with Crippen LogP contribution in [0.1, 0.15) is 19.3 Å². The van der Waals surface area contributed by atoms with E-state index in [4.69, 9.17) is 5.73 Å². The number of anilines is 2. The number of aliphatic hydroxyl groups is 1. The fourth-order valence-electron chi connectivity index (χ4n) is 2.25. The fraction of sp³-hybridized carbons (Fsp3) is 0.500. The van der Waals surface area contributed by atoms with Crippen LogP contribution in [0.2, 0.25) is 0 Å². The summed E-state index contributed by atoms with van der Waals surface area (Å²) in [5, 5.41) is 12.1. The highest BCUT2D eigenvalue weighted by atomic mass is 19.1. The van der Waals surface area contributed by atoms with Crippen molar-refractivity contribution >= 4 is 17.3 Å². The Kier molecular flexibility index (Phi) is 4.92. The number of benzene rings is 1. The molecular formula is C14H20FN3O2. The molecule has 0 aliphatic carbocycles. The number of hydrogen-bond donors (Lipinski definition) is 3. The van der Waals surface area contributed by atoms with Gasteiger partial charge in [0, 0.05) is 31.7 Å². The first-order chi connectivity index (χ1) is 9.54. The van der Waals surface area contributed by atoms with Crippen molar-refractivity contribution in [3.8, 4) is 0 Å². The number of rotatable bonds is 4. The van der Waals surface area contributed by atoms with Crippen molar-refractivity contribution < 1.29 is 14.3 Å². The topological polar surface area (TPSA) is 78.6 Å². The van der Waals surface area contributed by atoms with Crippen molar-refractivity contribution in [1.29, 1.82) is 0 Å². The van der Waals surface area contributed by atoms with Crippen molar-refractivity contribution in [2.45, 2.75) is 25.4 Å². The van der Waals surface area contributed by atoms with E-state index in [1.54, 1.807) is 0 Å². The lowest BCUT2D eigenvalue weighted by molar-refractivity contribution is -0.116. The summed E-state index contributed by atoms with van der Waals surface area (Å²) in [7, 11) is 0. The molecule has 1 heterocycles. The van der Waals surface area contributed by atoms with Gasteiger partial charge >= 0.3 is 0 Å². The summed E-state index contributed by atoms with van der Waals surface area (Å²) in [5.74, 6) is -0.614. The van der Waals surface area contributed by atoms with Gasteiger partial charge in [0.25, 0.3) is 0 Å². The first-order valence-corrected chi connectivity index (χ1v) is 6.80. The molecule has 1 fully saturated rings. The van der Waals surface area contributed by atoms with Gasteiger partial charge in [-0.15, -0.1) is 0 Å². The zero-order valence-corrected chi connectivity index (χ0v) is 11.3. The Balaban J connectivity index is 1.76. The average molecular weight is 281 g/mol. The van der Waals surface area contributed by atoms with E-state index >= 15 is 0 Å². The van der Waals surface area contributed by atoms with Gasteiger partial charge in [0.15, 0.2) is 0 Å². The van der Waals surface area contributed by atoms with E-state index in [9.17, 15) is 14.3 Å². The number of likely N-dealkylation sites (tertiary alicyclic amines) is 1. The first-order valence-electron chi connectivity index (χ1n) is 6.80. The Morgan fingerprint density at radius 3 is 2.80 bits per heavy atom. The molecule has 0 aromatic heterocycles. The van der Waals surface area contributed by atoms with Crippen LogP contribution in [0.25, 0.3) is 0 Å². The van der Waals surface area contributed by atoms with E-state index in [1.165, 1.54) is 18.2 Å². The maximum Gasteiger partial charge on any atom is 0.225 e. The van der Waals surface area contributed by atoms with Crippen LogP contribution < -0.4 is 11.1 Å². The highest BCUT2D eigenvalue weighted by Gasteiger charge is 2.17. The molecule has 20 heavy (non-hydrogen) atoms. The maximum atomic E-state index is 13.0. The van der Waals surface area contributed by atoms with Crippen LogP contribution >= 0.6 is 0 Å². The SMILES string of the molecule is Nc1cc(NC(=O)CCN2CCC(O)CC2)ccc1F. The highest BCUT2D eigenvalue weighted by molar-refractivity contribution is 5.91. The number of nitrogens with zero attached hydrogens (tertiary/aromatic N) is 1. The van der Waals surface area contributed by atoms with E-state index in [0.717, 1.165) is 25.9 Å². The van der Waals surface area contributed by atoms with Gasteiger partial charge < -0.3 is 21.1 Å². The number of halogens is 1. The van der Waals surface area contributed by atoms with Crippen molar-refractivity contribution in [2.75, 3.05) is 30.7 Å². The minimum Gasteiger partial charge on any atom is -0.396 e. The summed E-state index contributed by atoms with van der Waals surface area (Å²) in [6.07, 6.45) is 1.68. The van der Waals surface area contributed by atoms with Gasteiger partial charge in [-0.2, -0.15) is 0 Å². The lowest BCUT2D eigenvalue weighted by Gasteiger charge is -2.29. The van der Waals surface area contributed by atoms with E-state index in [1.807, 2.05) is 0 Å². The Morgan fingerprint density at radius 2 is 2.15 bits per heavy atom. The Bertz CT molecular complexity index is 473. The normalized spacial score (nSPS) is 17.1. The molecule has 0 atom stereocenters. The van der Waals surface area contributed by atoms with Crippen LogP contribution in [0.4, 0.5) is 15.8 Å². The van der Waals surface area contributed by atoms with Gasteiger partial charge in [0.05, 0.1) is 11.8 Å². The third-order valence-corrected chi connectivity index (χ3v) is 3.49. The number of nitrogens with one attached hydrogen (secondary N) is 1. The summed E-state index contributed by atoms with van der Waals surface area (Å²) in [5.41, 5.74) is 5.97. The maximum absolute atomic E-state index is 13.0. The molecule has 0 spiro atoms. The van der Waals surface area contributed by atoms with Crippen molar-refractivity contribution in [3.05, 3.63) is 24.0 Å². The summed E-state index contributed by atoms with van der Waals surface area (Å²) < 4.78 is 13.0. The van der Waals surface area contributed by atoms with Crippen molar-refractivity contribution in [1.82, 2.24) is 4.90 Å². The number of piperidine rings is 1. The summed E-state index contributed by atoms with van der Waals surface area (Å²) in [4.78, 5) is 14.0. The van der Waals surface area contributed by atoms with Gasteiger partial charge in [-0.3, -0.25) is 4.79 Å². The number of nitrogen functional groups attached to an aromatic ring is 1. The molecule has 1 saturated heterocycles. The van der Waals surface area contributed by atoms with Crippen molar-refractivity contribution in [2.24, 2.45) is 0 Å². The number of hydrogen-bond acceptors (Lipinski definition) is 4. The average Bonchev–Trinajstić information content (AvgIpc) is 2.42. The molecular weight excluding hydrogens is 261 g/mol. The first kappa shape index (κ1) is 14.7. The molecule has 2 rings (SSSR count). The summed E-state index contributed by atoms with van der Waals surface area (Å²) >= 11 is 0. The minimum atomic E-state index is -0.491. The number of amides is 1. The lowest BCUT2D eigenvalue weighted by atomic mass is 10.1. The third kappa shape index (κ3) is 4.18. The van der Waals surface area contributed by atoms with Crippen LogP contribution in [0, 0.1) is 5.82 Å². The predicted molar refractivity (Wildman–Crippen MR) is 75.7 cm³/mol. The molecule has 6 heteroatoms. The standard InChI is InChI=1S/C14H20FN3O2/c15-12-2-1-10(9-13(12)16)17-14(20)5-8-18-6-3-11(19)4-7-18/h1-2,9,11,19H,3-8,16H2,(H,17,20). The van der Waals surface area contributed by atoms with Gasteiger partial charge in [0.1, 0.15) is 5.82 Å². The monoisotopic (exact) mass is 281 g/mol. The molecule has 0 saturated carbocycles. The third-order valence-electron chi connectivity index (χ3n) is 3.49. The van der Waals surface area contributed by atoms with Gasteiger partial charge in [-0.25, -0.2) is 4.39 Å². The van der Waals surface area contributed by atoms with Crippen LogP contribution in [0.3, 0.4) is 0 Å². The van der Waals surface area contributed by atoms with E-state index in [0.29, 0.717) is 18.7 Å². The molecule has 1 aromatic rings. The van der Waals surface area contributed by atoms with Crippen LogP contribution in [-0.2, 0) is 4.79 Å². The number of carbonyl (C=O) groups is 1. The molecule has 1 aliphatic rings. The van der Waals surface area contributed by atoms with E-state index in [-0.39, 0.29) is 17.7 Å². The fourth-order valence-corrected chi connectivity index (χ4v) is 2.25. The molecule has 0 radical (unpaired) electrons. The summed E-state index contributed by atoms with van der Waals surface area (Å²) in [6.45, 7) is 2.30. The van der Waals surface area contributed by atoms with E-state index < -0.39 is 5.82 Å². The smallest absolute Gasteiger partial charge is 0.225 e. The largest absolute Gasteiger partial charge is 0.396 e. The predicted octanol–water partition coefficient (Wildman–Crippen LogP) is 1.19. The van der Waals surface area contributed by atoms with Crippen LogP contribution in [0.15, 0.2) is 18.2 Å². The van der Waals surface area contributed by atoms with Gasteiger partial charge in [0.2, 0.25) is 5.91 Å². The lowest BCUT2D eigenvalue weighted by Crippen LogP contribution is -2.37. The Hall–Kier alpha value is -1.66.